The van der Waals surface area contributed by atoms with Gasteiger partial charge in [-0.3, -0.25) is 4.99 Å². The predicted molar refractivity (Wildman–Crippen MR) is 100 cm³/mol. The summed E-state index contributed by atoms with van der Waals surface area (Å²) < 4.78 is 11.2. The molecule has 4 nitrogen and oxygen atoms in total. The molecule has 3 aromatic rings. The average molecular weight is 330 g/mol. The SMILES string of the molecule is CC(/C=C/c1ccco1)=Nc1cccc(C2Nc3ccccc3O2)c1. The van der Waals surface area contributed by atoms with Crippen molar-refractivity contribution in [1.82, 2.24) is 0 Å². The molecule has 0 fully saturated rings. The Hall–Kier alpha value is -3.27. The van der Waals surface area contributed by atoms with E-state index in [9.17, 15) is 0 Å². The first-order valence-electron chi connectivity index (χ1n) is 8.17. The van der Waals surface area contributed by atoms with E-state index >= 15 is 0 Å². The molecule has 1 aliphatic rings. The highest BCUT2D eigenvalue weighted by Crippen LogP contribution is 2.37. The summed E-state index contributed by atoms with van der Waals surface area (Å²) in [5, 5.41) is 3.38. The number of furan rings is 1. The second kappa shape index (κ2) is 6.69. The van der Waals surface area contributed by atoms with E-state index < -0.39 is 0 Å². The number of rotatable bonds is 4. The summed E-state index contributed by atoms with van der Waals surface area (Å²) in [5.41, 5.74) is 3.84. The fourth-order valence-electron chi connectivity index (χ4n) is 2.72. The van der Waals surface area contributed by atoms with Gasteiger partial charge in [0.05, 0.1) is 17.6 Å². The van der Waals surface area contributed by atoms with Crippen LogP contribution in [0.2, 0.25) is 0 Å². The summed E-state index contributed by atoms with van der Waals surface area (Å²) in [4.78, 5) is 4.64. The minimum atomic E-state index is -0.188. The second-order valence-electron chi connectivity index (χ2n) is 5.84. The maximum Gasteiger partial charge on any atom is 0.196 e. The molecule has 1 N–H and O–H groups in total. The lowest BCUT2D eigenvalue weighted by molar-refractivity contribution is 0.260. The van der Waals surface area contributed by atoms with Gasteiger partial charge in [0, 0.05) is 11.3 Å². The molecular weight excluding hydrogens is 312 g/mol. The highest BCUT2D eigenvalue weighted by molar-refractivity contribution is 5.97. The van der Waals surface area contributed by atoms with Crippen LogP contribution in [-0.4, -0.2) is 5.71 Å². The predicted octanol–water partition coefficient (Wildman–Crippen LogP) is 5.59. The van der Waals surface area contributed by atoms with E-state index in [4.69, 9.17) is 9.15 Å². The third kappa shape index (κ3) is 3.48. The molecule has 2 aromatic carbocycles. The zero-order chi connectivity index (χ0) is 17.1. The first-order valence-corrected chi connectivity index (χ1v) is 8.17. The van der Waals surface area contributed by atoms with E-state index in [1.807, 2.05) is 79.7 Å². The van der Waals surface area contributed by atoms with Gasteiger partial charge in [-0.05, 0) is 55.5 Å². The lowest BCUT2D eigenvalue weighted by Gasteiger charge is -2.12. The van der Waals surface area contributed by atoms with Crippen molar-refractivity contribution in [3.63, 3.8) is 0 Å². The molecule has 0 aliphatic carbocycles. The number of anilines is 1. The Morgan fingerprint density at radius 1 is 1.08 bits per heavy atom. The van der Waals surface area contributed by atoms with E-state index in [1.54, 1.807) is 6.26 Å². The third-order valence-corrected chi connectivity index (χ3v) is 3.93. The molecule has 0 amide bonds. The largest absolute Gasteiger partial charge is 0.465 e. The second-order valence-corrected chi connectivity index (χ2v) is 5.84. The van der Waals surface area contributed by atoms with Gasteiger partial charge in [-0.1, -0.05) is 24.3 Å². The van der Waals surface area contributed by atoms with Crippen LogP contribution in [0.5, 0.6) is 5.75 Å². The fourth-order valence-corrected chi connectivity index (χ4v) is 2.72. The van der Waals surface area contributed by atoms with Crippen molar-refractivity contribution in [2.24, 2.45) is 4.99 Å². The van der Waals surface area contributed by atoms with Gasteiger partial charge in [0.1, 0.15) is 11.5 Å². The summed E-state index contributed by atoms with van der Waals surface area (Å²) in [5.74, 6) is 1.68. The van der Waals surface area contributed by atoms with Gasteiger partial charge >= 0.3 is 0 Å². The van der Waals surface area contributed by atoms with Crippen LogP contribution in [0.3, 0.4) is 0 Å². The molecule has 0 bridgehead atoms. The average Bonchev–Trinajstić information content (AvgIpc) is 3.29. The first-order chi connectivity index (χ1) is 12.3. The first kappa shape index (κ1) is 15.3. The van der Waals surface area contributed by atoms with Gasteiger partial charge in [0.25, 0.3) is 0 Å². The normalized spacial score (nSPS) is 16.5. The highest BCUT2D eigenvalue weighted by atomic mass is 16.5. The van der Waals surface area contributed by atoms with Crippen molar-refractivity contribution in [1.29, 1.82) is 0 Å². The molecule has 4 heteroatoms. The van der Waals surface area contributed by atoms with E-state index in [0.29, 0.717) is 0 Å². The molecule has 0 radical (unpaired) electrons. The quantitative estimate of drug-likeness (QED) is 0.634. The monoisotopic (exact) mass is 330 g/mol. The van der Waals surface area contributed by atoms with E-state index in [1.165, 1.54) is 0 Å². The molecule has 4 rings (SSSR count). The third-order valence-electron chi connectivity index (χ3n) is 3.93. The van der Waals surface area contributed by atoms with Crippen molar-refractivity contribution >= 4 is 23.2 Å². The van der Waals surface area contributed by atoms with Crippen molar-refractivity contribution < 1.29 is 9.15 Å². The van der Waals surface area contributed by atoms with Crippen molar-refractivity contribution in [3.05, 3.63) is 84.3 Å². The van der Waals surface area contributed by atoms with E-state index in [0.717, 1.165) is 34.2 Å². The number of nitrogens with zero attached hydrogens (tertiary/aromatic N) is 1. The maximum absolute atomic E-state index is 5.96. The smallest absolute Gasteiger partial charge is 0.196 e. The molecule has 0 saturated heterocycles. The van der Waals surface area contributed by atoms with Gasteiger partial charge in [-0.2, -0.15) is 0 Å². The van der Waals surface area contributed by atoms with Crippen LogP contribution < -0.4 is 10.1 Å². The van der Waals surface area contributed by atoms with Crippen LogP contribution >= 0.6 is 0 Å². The van der Waals surface area contributed by atoms with Gasteiger partial charge in [0.15, 0.2) is 6.23 Å². The van der Waals surface area contributed by atoms with Crippen molar-refractivity contribution in [3.8, 4) is 5.75 Å². The number of allylic oxidation sites excluding steroid dienone is 1. The van der Waals surface area contributed by atoms with Crippen LogP contribution in [0.15, 0.2) is 82.4 Å². The van der Waals surface area contributed by atoms with Crippen LogP contribution in [-0.2, 0) is 0 Å². The van der Waals surface area contributed by atoms with Crippen molar-refractivity contribution in [2.45, 2.75) is 13.2 Å². The standard InChI is InChI=1S/C21H18N2O2/c1-15(11-12-18-8-5-13-24-18)22-17-7-4-6-16(14-17)21-23-19-9-2-3-10-20(19)25-21/h2-14,21,23H,1H3/b12-11+,22-15?. The number of fused-ring (bicyclic) bond motifs is 1. The molecule has 0 saturated carbocycles. The molecule has 1 aromatic heterocycles. The summed E-state index contributed by atoms with van der Waals surface area (Å²) in [7, 11) is 0. The lowest BCUT2D eigenvalue weighted by Crippen LogP contribution is -2.09. The summed E-state index contributed by atoms with van der Waals surface area (Å²) in [6.07, 6.45) is 5.31. The minimum Gasteiger partial charge on any atom is -0.465 e. The maximum atomic E-state index is 5.96. The number of benzene rings is 2. The van der Waals surface area contributed by atoms with Crippen LogP contribution in [0.25, 0.3) is 6.08 Å². The fraction of sp³-hybridized carbons (Fsp3) is 0.0952. The zero-order valence-electron chi connectivity index (χ0n) is 13.8. The molecular formula is C21H18N2O2. The Bertz CT molecular complexity index is 902. The van der Waals surface area contributed by atoms with Gasteiger partial charge in [-0.25, -0.2) is 0 Å². The molecule has 1 aliphatic heterocycles. The Balaban J connectivity index is 1.51. The number of ether oxygens (including phenoxy) is 1. The van der Waals surface area contributed by atoms with Crippen LogP contribution in [0, 0.1) is 0 Å². The van der Waals surface area contributed by atoms with Gasteiger partial charge in [0.2, 0.25) is 0 Å². The molecule has 0 spiro atoms. The van der Waals surface area contributed by atoms with Crippen LogP contribution in [0.1, 0.15) is 24.5 Å². The Morgan fingerprint density at radius 2 is 2.00 bits per heavy atom. The highest BCUT2D eigenvalue weighted by Gasteiger charge is 2.22. The summed E-state index contributed by atoms with van der Waals surface area (Å²) in [6.45, 7) is 1.96. The van der Waals surface area contributed by atoms with Gasteiger partial charge in [-0.15, -0.1) is 0 Å². The number of aliphatic imine (C=N–C) groups is 1. The summed E-state index contributed by atoms with van der Waals surface area (Å²) >= 11 is 0. The Labute approximate surface area is 146 Å². The summed E-state index contributed by atoms with van der Waals surface area (Å²) in [6, 6.07) is 19.8. The number of nitrogens with one attached hydrogen (secondary N) is 1. The van der Waals surface area contributed by atoms with Crippen molar-refractivity contribution in [2.75, 3.05) is 5.32 Å². The molecule has 2 heterocycles. The topological polar surface area (TPSA) is 46.8 Å². The molecule has 1 unspecified atom stereocenters. The molecule has 25 heavy (non-hydrogen) atoms. The number of hydrogen-bond acceptors (Lipinski definition) is 4. The van der Waals surface area contributed by atoms with Gasteiger partial charge < -0.3 is 14.5 Å². The minimum absolute atomic E-state index is 0.188. The molecule has 124 valence electrons. The number of para-hydroxylation sites is 2. The Kier molecular flexibility index (Phi) is 4.09. The Morgan fingerprint density at radius 3 is 2.84 bits per heavy atom. The number of hydrogen-bond donors (Lipinski definition) is 1. The van der Waals surface area contributed by atoms with E-state index in [-0.39, 0.29) is 6.23 Å². The van der Waals surface area contributed by atoms with Crippen LogP contribution in [0.4, 0.5) is 11.4 Å². The lowest BCUT2D eigenvalue weighted by atomic mass is 10.1. The zero-order valence-corrected chi connectivity index (χ0v) is 13.8. The molecule has 1 atom stereocenters. The van der Waals surface area contributed by atoms with E-state index in [2.05, 4.69) is 10.3 Å².